The third kappa shape index (κ3) is 9.98. The molecule has 0 spiro atoms. The predicted molar refractivity (Wildman–Crippen MR) is 183 cm³/mol. The van der Waals surface area contributed by atoms with Crippen molar-refractivity contribution >= 4 is 23.5 Å². The molecule has 6 rings (SSSR count). The number of aromatic nitrogens is 4. The number of para-hydroxylation sites is 1. The zero-order valence-corrected chi connectivity index (χ0v) is 29.0. The number of likely N-dealkylation sites (tertiary alicyclic amines) is 1. The van der Waals surface area contributed by atoms with Gasteiger partial charge in [-0.05, 0) is 30.7 Å². The fourth-order valence-electron chi connectivity index (χ4n) is 6.05. The summed E-state index contributed by atoms with van der Waals surface area (Å²) >= 11 is 0. The van der Waals surface area contributed by atoms with Gasteiger partial charge in [0.2, 0.25) is 11.7 Å². The number of alkyl halides is 5. The Bertz CT molecular complexity index is 1860. The Balaban J connectivity index is 0.000000217. The standard InChI is InChI=1S/C20H17F3N6O2.C16H22F2N2O2/c1-2-28-18-12(11-25-29(18)13-6-4-3-5-7-13)10-14(19(28)31)26-17(30)16-24-9-8-15(27-16)20(21,22)23;1-22-11-14(10-20-8-7-16(17,18)12-20)15(21)19-9-13-5-3-2-4-6-13/h3-9,11,14H,2,10H2,1H3,(H,26,30);2-6,14H,7-12H2,1H3,(H,19,21). The van der Waals surface area contributed by atoms with E-state index in [0.29, 0.717) is 38.1 Å². The van der Waals surface area contributed by atoms with Gasteiger partial charge in [0.25, 0.3) is 17.7 Å². The Morgan fingerprint density at radius 1 is 1.06 bits per heavy atom. The number of rotatable bonds is 11. The minimum absolute atomic E-state index is 0.141. The van der Waals surface area contributed by atoms with Crippen LogP contribution in [0.4, 0.5) is 27.8 Å². The zero-order chi connectivity index (χ0) is 38.2. The van der Waals surface area contributed by atoms with E-state index in [1.165, 1.54) is 12.0 Å². The highest BCUT2D eigenvalue weighted by Gasteiger charge is 2.40. The van der Waals surface area contributed by atoms with Crippen LogP contribution in [0.3, 0.4) is 0 Å². The molecular formula is C36H39F5N8O4. The molecule has 0 bridgehead atoms. The van der Waals surface area contributed by atoms with Gasteiger partial charge in [-0.15, -0.1) is 0 Å². The molecule has 2 atom stereocenters. The SMILES string of the molecule is CCN1C(=O)C(NC(=O)c2nccc(C(F)(F)F)n2)Cc2cnn(-c3ccccc3)c21.COCC(CN1CCC(F)(F)C1)C(=O)NCc1ccccc1. The van der Waals surface area contributed by atoms with Crippen molar-refractivity contribution < 1.29 is 41.1 Å². The van der Waals surface area contributed by atoms with Crippen molar-refractivity contribution in [2.45, 2.75) is 44.5 Å². The van der Waals surface area contributed by atoms with E-state index < -0.39 is 47.4 Å². The van der Waals surface area contributed by atoms with Gasteiger partial charge >= 0.3 is 6.18 Å². The first-order valence-electron chi connectivity index (χ1n) is 16.8. The van der Waals surface area contributed by atoms with Gasteiger partial charge in [0.1, 0.15) is 17.6 Å². The van der Waals surface area contributed by atoms with Gasteiger partial charge in [0.05, 0.1) is 31.0 Å². The predicted octanol–water partition coefficient (Wildman–Crippen LogP) is 4.30. The molecule has 2 unspecified atom stereocenters. The molecule has 2 aliphatic heterocycles. The van der Waals surface area contributed by atoms with E-state index in [4.69, 9.17) is 4.74 Å². The number of methoxy groups -OCH3 is 1. The van der Waals surface area contributed by atoms with Crippen LogP contribution in [0.15, 0.2) is 79.1 Å². The maximum atomic E-state index is 13.2. The van der Waals surface area contributed by atoms with Crippen molar-refractivity contribution in [1.29, 1.82) is 0 Å². The smallest absolute Gasteiger partial charge is 0.384 e. The van der Waals surface area contributed by atoms with E-state index in [1.807, 2.05) is 60.7 Å². The van der Waals surface area contributed by atoms with Crippen LogP contribution < -0.4 is 15.5 Å². The topological polar surface area (TPSA) is 135 Å². The number of amides is 3. The zero-order valence-electron chi connectivity index (χ0n) is 29.0. The van der Waals surface area contributed by atoms with Crippen molar-refractivity contribution in [2.75, 3.05) is 44.8 Å². The second kappa shape index (κ2) is 17.0. The molecular weight excluding hydrogens is 703 g/mol. The Morgan fingerprint density at radius 2 is 1.75 bits per heavy atom. The van der Waals surface area contributed by atoms with Crippen molar-refractivity contribution in [3.63, 3.8) is 0 Å². The summed E-state index contributed by atoms with van der Waals surface area (Å²) in [6, 6.07) is 18.5. The highest BCUT2D eigenvalue weighted by molar-refractivity contribution is 6.03. The summed E-state index contributed by atoms with van der Waals surface area (Å²) in [6.07, 6.45) is -2.25. The lowest BCUT2D eigenvalue weighted by Gasteiger charge is -2.32. The second-order valence-electron chi connectivity index (χ2n) is 12.5. The Kier molecular flexibility index (Phi) is 12.5. The van der Waals surface area contributed by atoms with Crippen molar-refractivity contribution in [2.24, 2.45) is 5.92 Å². The van der Waals surface area contributed by atoms with E-state index >= 15 is 0 Å². The summed E-state index contributed by atoms with van der Waals surface area (Å²) < 4.78 is 71.8. The van der Waals surface area contributed by atoms with E-state index in [2.05, 4.69) is 25.7 Å². The molecule has 12 nitrogen and oxygen atoms in total. The largest absolute Gasteiger partial charge is 0.433 e. The quantitative estimate of drug-likeness (QED) is 0.218. The van der Waals surface area contributed by atoms with E-state index in [-0.39, 0.29) is 31.9 Å². The summed E-state index contributed by atoms with van der Waals surface area (Å²) in [4.78, 5) is 47.8. The first-order valence-corrected chi connectivity index (χ1v) is 16.8. The molecule has 2 aliphatic rings. The number of halogens is 5. The number of ether oxygens (including phenoxy) is 1. The lowest BCUT2D eigenvalue weighted by molar-refractivity contribution is -0.141. The average Bonchev–Trinajstić information content (AvgIpc) is 3.73. The third-order valence-corrected chi connectivity index (χ3v) is 8.61. The summed E-state index contributed by atoms with van der Waals surface area (Å²) in [6.45, 7) is 3.09. The molecule has 4 aromatic rings. The van der Waals surface area contributed by atoms with E-state index in [9.17, 15) is 36.3 Å². The summed E-state index contributed by atoms with van der Waals surface area (Å²) in [5.41, 5.74) is 1.26. The number of carbonyl (C=O) groups is 3. The number of likely N-dealkylation sites (N-methyl/N-ethyl adjacent to an activating group) is 1. The first kappa shape index (κ1) is 38.9. The number of nitrogens with one attached hydrogen (secondary N) is 2. The van der Waals surface area contributed by atoms with Crippen molar-refractivity contribution in [3.8, 4) is 5.69 Å². The maximum absolute atomic E-state index is 13.2. The van der Waals surface area contributed by atoms with Crippen LogP contribution in [0, 0.1) is 5.92 Å². The van der Waals surface area contributed by atoms with Gasteiger partial charge in [0, 0.05) is 57.9 Å². The van der Waals surface area contributed by atoms with E-state index in [1.54, 1.807) is 22.7 Å². The molecule has 282 valence electrons. The van der Waals surface area contributed by atoms with Crippen LogP contribution in [0.25, 0.3) is 5.69 Å². The molecule has 17 heteroatoms. The fraction of sp³-hybridized carbons (Fsp3) is 0.389. The fourth-order valence-corrected chi connectivity index (χ4v) is 6.05. The molecule has 3 amide bonds. The normalized spacial score (nSPS) is 17.4. The lowest BCUT2D eigenvalue weighted by atomic mass is 10.0. The molecule has 4 heterocycles. The van der Waals surface area contributed by atoms with Crippen molar-refractivity contribution in [1.82, 2.24) is 35.3 Å². The molecule has 2 aromatic carbocycles. The molecule has 0 radical (unpaired) electrons. The number of nitrogens with zero attached hydrogens (tertiary/aromatic N) is 6. The molecule has 53 heavy (non-hydrogen) atoms. The number of carbonyl (C=O) groups excluding carboxylic acids is 3. The number of hydrogen-bond donors (Lipinski definition) is 2. The molecule has 2 aromatic heterocycles. The molecule has 0 aliphatic carbocycles. The molecule has 0 saturated carbocycles. The van der Waals surface area contributed by atoms with Gasteiger partial charge in [0.15, 0.2) is 0 Å². The summed E-state index contributed by atoms with van der Waals surface area (Å²) in [5.74, 6) is -4.66. The van der Waals surface area contributed by atoms with Crippen LogP contribution in [-0.2, 0) is 33.5 Å². The first-order chi connectivity index (χ1) is 25.3. The number of benzene rings is 2. The van der Waals surface area contributed by atoms with Crippen LogP contribution in [0.1, 0.15) is 40.8 Å². The second-order valence-corrected chi connectivity index (χ2v) is 12.5. The van der Waals surface area contributed by atoms with Gasteiger partial charge in [-0.2, -0.15) is 18.3 Å². The van der Waals surface area contributed by atoms with Crippen molar-refractivity contribution in [3.05, 3.63) is 102 Å². The number of anilines is 1. The maximum Gasteiger partial charge on any atom is 0.433 e. The minimum atomic E-state index is -4.71. The average molecular weight is 743 g/mol. The van der Waals surface area contributed by atoms with Gasteiger partial charge in [-0.3, -0.25) is 24.2 Å². The Labute approximate surface area is 302 Å². The van der Waals surface area contributed by atoms with Crippen LogP contribution in [0.5, 0.6) is 0 Å². The summed E-state index contributed by atoms with van der Waals surface area (Å²) in [5, 5.41) is 9.68. The van der Waals surface area contributed by atoms with Crippen LogP contribution in [-0.4, -0.2) is 94.2 Å². The van der Waals surface area contributed by atoms with Gasteiger partial charge in [-0.25, -0.2) is 23.4 Å². The van der Waals surface area contributed by atoms with Crippen LogP contribution in [0.2, 0.25) is 0 Å². The van der Waals surface area contributed by atoms with Gasteiger partial charge in [-0.1, -0.05) is 48.5 Å². The Morgan fingerprint density at radius 3 is 2.38 bits per heavy atom. The third-order valence-electron chi connectivity index (χ3n) is 8.61. The molecule has 1 fully saturated rings. The van der Waals surface area contributed by atoms with E-state index in [0.717, 1.165) is 23.0 Å². The van der Waals surface area contributed by atoms with Crippen LogP contribution >= 0.6 is 0 Å². The monoisotopic (exact) mass is 742 g/mol. The Hall–Kier alpha value is -5.29. The van der Waals surface area contributed by atoms with Gasteiger partial charge < -0.3 is 15.4 Å². The highest BCUT2D eigenvalue weighted by atomic mass is 19.4. The molecule has 1 saturated heterocycles. The minimum Gasteiger partial charge on any atom is -0.384 e. The number of fused-ring (bicyclic) bond motifs is 1. The highest BCUT2D eigenvalue weighted by Crippen LogP contribution is 2.31. The number of hydrogen-bond acceptors (Lipinski definition) is 8. The molecule has 2 N–H and O–H groups in total. The lowest BCUT2D eigenvalue weighted by Crippen LogP contribution is -2.53. The summed E-state index contributed by atoms with van der Waals surface area (Å²) in [7, 11) is 1.51.